The van der Waals surface area contributed by atoms with Crippen molar-refractivity contribution in [1.82, 2.24) is 9.21 Å². The molecule has 0 aliphatic carbocycles. The molecular formula is C17H24N2O5S. The summed E-state index contributed by atoms with van der Waals surface area (Å²) >= 11 is 0. The lowest BCUT2D eigenvalue weighted by Gasteiger charge is -2.26. The van der Waals surface area contributed by atoms with Crippen LogP contribution in [0, 0.1) is 0 Å². The van der Waals surface area contributed by atoms with Crippen molar-refractivity contribution in [3.8, 4) is 5.75 Å². The van der Waals surface area contributed by atoms with Gasteiger partial charge < -0.3 is 14.4 Å². The van der Waals surface area contributed by atoms with Gasteiger partial charge in [0.2, 0.25) is 10.0 Å². The van der Waals surface area contributed by atoms with Crippen molar-refractivity contribution in [3.05, 3.63) is 24.3 Å². The maximum Gasteiger partial charge on any atom is 0.260 e. The van der Waals surface area contributed by atoms with Gasteiger partial charge in [0, 0.05) is 26.2 Å². The summed E-state index contributed by atoms with van der Waals surface area (Å²) in [6.45, 7) is 3.13. The van der Waals surface area contributed by atoms with Crippen molar-refractivity contribution in [2.75, 3.05) is 46.0 Å². The minimum atomic E-state index is -3.50. The molecule has 3 rings (SSSR count). The zero-order valence-electron chi connectivity index (χ0n) is 14.2. The zero-order chi connectivity index (χ0) is 17.7. The van der Waals surface area contributed by atoms with Gasteiger partial charge in [-0.05, 0) is 43.5 Å². The predicted molar refractivity (Wildman–Crippen MR) is 91.9 cm³/mol. The molecule has 0 saturated carbocycles. The van der Waals surface area contributed by atoms with Crippen molar-refractivity contribution < 1.29 is 22.7 Å². The Morgan fingerprint density at radius 1 is 1.00 bits per heavy atom. The molecule has 1 aromatic carbocycles. The number of ether oxygens (including phenoxy) is 2. The van der Waals surface area contributed by atoms with E-state index in [0.717, 1.165) is 25.9 Å². The van der Waals surface area contributed by atoms with Crippen LogP contribution < -0.4 is 4.74 Å². The summed E-state index contributed by atoms with van der Waals surface area (Å²) < 4.78 is 37.2. The van der Waals surface area contributed by atoms with Crippen molar-refractivity contribution in [2.45, 2.75) is 24.2 Å². The van der Waals surface area contributed by atoms with Crippen LogP contribution in [0.25, 0.3) is 0 Å². The first-order valence-corrected chi connectivity index (χ1v) is 10.1. The highest BCUT2D eigenvalue weighted by molar-refractivity contribution is 7.89. The fourth-order valence-electron chi connectivity index (χ4n) is 3.02. The van der Waals surface area contributed by atoms with Crippen LogP contribution in [0.3, 0.4) is 0 Å². The van der Waals surface area contributed by atoms with Crippen LogP contribution in [0.2, 0.25) is 0 Å². The molecule has 2 saturated heterocycles. The third-order valence-corrected chi connectivity index (χ3v) is 6.42. The number of sulfonamides is 1. The minimum absolute atomic E-state index is 0.0183. The monoisotopic (exact) mass is 368 g/mol. The molecule has 0 N–H and O–H groups in total. The fourth-order valence-corrected chi connectivity index (χ4v) is 4.43. The molecule has 7 nitrogen and oxygen atoms in total. The van der Waals surface area contributed by atoms with E-state index in [0.29, 0.717) is 32.1 Å². The smallest absolute Gasteiger partial charge is 0.260 e. The summed E-state index contributed by atoms with van der Waals surface area (Å²) in [5, 5.41) is 0. The Labute approximate surface area is 148 Å². The van der Waals surface area contributed by atoms with Gasteiger partial charge in [0.1, 0.15) is 5.75 Å². The molecule has 2 aliphatic rings. The van der Waals surface area contributed by atoms with Gasteiger partial charge in [0.05, 0.1) is 18.1 Å². The van der Waals surface area contributed by atoms with E-state index < -0.39 is 10.0 Å². The number of carbonyl (C=O) groups excluding carboxylic acids is 1. The number of hydrogen-bond acceptors (Lipinski definition) is 5. The van der Waals surface area contributed by atoms with Gasteiger partial charge in [0.25, 0.3) is 5.91 Å². The van der Waals surface area contributed by atoms with E-state index in [-0.39, 0.29) is 17.4 Å². The summed E-state index contributed by atoms with van der Waals surface area (Å²) in [4.78, 5) is 14.1. The lowest BCUT2D eigenvalue weighted by molar-refractivity contribution is -0.134. The zero-order valence-corrected chi connectivity index (χ0v) is 15.0. The Kier molecular flexibility index (Phi) is 5.93. The van der Waals surface area contributed by atoms with Gasteiger partial charge in [-0.2, -0.15) is 4.31 Å². The Bertz CT molecular complexity index is 677. The molecule has 1 amide bonds. The van der Waals surface area contributed by atoms with E-state index in [9.17, 15) is 13.2 Å². The highest BCUT2D eigenvalue weighted by atomic mass is 32.2. The molecule has 0 atom stereocenters. The normalized spacial score (nSPS) is 19.6. The number of benzene rings is 1. The summed E-state index contributed by atoms with van der Waals surface area (Å²) in [5.41, 5.74) is 0. The van der Waals surface area contributed by atoms with Gasteiger partial charge in [0.15, 0.2) is 6.61 Å². The highest BCUT2D eigenvalue weighted by Gasteiger charge is 2.26. The first-order chi connectivity index (χ1) is 12.1. The predicted octanol–water partition coefficient (Wildman–Crippen LogP) is 1.10. The van der Waals surface area contributed by atoms with E-state index in [1.807, 2.05) is 4.90 Å². The van der Waals surface area contributed by atoms with Crippen LogP contribution in [0.1, 0.15) is 19.3 Å². The van der Waals surface area contributed by atoms with Crippen LogP contribution >= 0.6 is 0 Å². The van der Waals surface area contributed by atoms with Gasteiger partial charge in [-0.3, -0.25) is 4.79 Å². The molecule has 2 fully saturated rings. The second-order valence-electron chi connectivity index (χ2n) is 6.22. The van der Waals surface area contributed by atoms with Crippen molar-refractivity contribution in [3.63, 3.8) is 0 Å². The van der Waals surface area contributed by atoms with E-state index in [2.05, 4.69) is 0 Å². The molecule has 0 unspecified atom stereocenters. The fraction of sp³-hybridized carbons (Fsp3) is 0.588. The number of carbonyl (C=O) groups is 1. The highest BCUT2D eigenvalue weighted by Crippen LogP contribution is 2.20. The van der Waals surface area contributed by atoms with Gasteiger partial charge in [-0.15, -0.1) is 0 Å². The Hall–Kier alpha value is -1.64. The standard InChI is InChI=1S/C17H24N2O5S/c20-17(18-8-2-1-3-9-18)14-24-15-4-6-16(7-5-15)25(21,22)19-10-12-23-13-11-19/h4-7H,1-3,8-14H2. The second kappa shape index (κ2) is 8.16. The summed E-state index contributed by atoms with van der Waals surface area (Å²) in [5.74, 6) is 0.469. The minimum Gasteiger partial charge on any atom is -0.484 e. The van der Waals surface area contributed by atoms with Crippen LogP contribution in [0.5, 0.6) is 5.75 Å². The third kappa shape index (κ3) is 4.50. The van der Waals surface area contributed by atoms with E-state index >= 15 is 0 Å². The topological polar surface area (TPSA) is 76.2 Å². The Morgan fingerprint density at radius 2 is 1.64 bits per heavy atom. The molecular weight excluding hydrogens is 344 g/mol. The second-order valence-corrected chi connectivity index (χ2v) is 8.16. The molecule has 1 aromatic rings. The molecule has 0 radical (unpaired) electrons. The van der Waals surface area contributed by atoms with E-state index in [1.165, 1.54) is 22.9 Å². The number of amides is 1. The Morgan fingerprint density at radius 3 is 2.28 bits per heavy atom. The summed E-state index contributed by atoms with van der Waals surface area (Å²) in [6, 6.07) is 6.23. The number of likely N-dealkylation sites (tertiary alicyclic amines) is 1. The van der Waals surface area contributed by atoms with Gasteiger partial charge in [-0.1, -0.05) is 0 Å². The molecule has 0 bridgehead atoms. The average Bonchev–Trinajstić information content (AvgIpc) is 2.68. The molecule has 0 spiro atoms. The maximum absolute atomic E-state index is 12.5. The lowest BCUT2D eigenvalue weighted by atomic mass is 10.1. The van der Waals surface area contributed by atoms with Crippen LogP contribution in [0.4, 0.5) is 0 Å². The Balaban J connectivity index is 1.57. The van der Waals surface area contributed by atoms with Crippen LogP contribution in [0.15, 0.2) is 29.2 Å². The van der Waals surface area contributed by atoms with Gasteiger partial charge in [-0.25, -0.2) is 8.42 Å². The first kappa shape index (κ1) is 18.2. The SMILES string of the molecule is O=C(COc1ccc(S(=O)(=O)N2CCOCC2)cc1)N1CCCCC1. The number of nitrogens with zero attached hydrogens (tertiary/aromatic N) is 2. The maximum atomic E-state index is 12.5. The van der Waals surface area contributed by atoms with Crippen molar-refractivity contribution in [1.29, 1.82) is 0 Å². The van der Waals surface area contributed by atoms with Crippen LogP contribution in [-0.2, 0) is 19.6 Å². The molecule has 2 heterocycles. The summed E-state index contributed by atoms with van der Waals surface area (Å²) in [6.07, 6.45) is 3.25. The lowest BCUT2D eigenvalue weighted by Crippen LogP contribution is -2.40. The van der Waals surface area contributed by atoms with Crippen molar-refractivity contribution >= 4 is 15.9 Å². The summed E-state index contributed by atoms with van der Waals surface area (Å²) in [7, 11) is -3.50. The average molecular weight is 368 g/mol. The number of hydrogen-bond donors (Lipinski definition) is 0. The number of piperidine rings is 1. The largest absolute Gasteiger partial charge is 0.484 e. The van der Waals surface area contributed by atoms with E-state index in [4.69, 9.17) is 9.47 Å². The number of rotatable bonds is 5. The number of morpholine rings is 1. The molecule has 2 aliphatic heterocycles. The van der Waals surface area contributed by atoms with E-state index in [1.54, 1.807) is 12.1 Å². The molecule has 25 heavy (non-hydrogen) atoms. The molecule has 8 heteroatoms. The third-order valence-electron chi connectivity index (χ3n) is 4.50. The van der Waals surface area contributed by atoms with Crippen molar-refractivity contribution in [2.24, 2.45) is 0 Å². The molecule has 0 aromatic heterocycles. The van der Waals surface area contributed by atoms with Crippen LogP contribution in [-0.4, -0.2) is 69.5 Å². The van der Waals surface area contributed by atoms with Gasteiger partial charge >= 0.3 is 0 Å². The first-order valence-electron chi connectivity index (χ1n) is 8.66. The quantitative estimate of drug-likeness (QED) is 0.778. The molecule has 138 valence electrons.